The molecule has 6 nitrogen and oxygen atoms in total. The molecule has 3 aromatic rings. The normalized spacial score (nSPS) is 11.0. The molecule has 0 spiro atoms. The fourth-order valence-electron chi connectivity index (χ4n) is 2.57. The largest absolute Gasteiger partial charge is 0.497 e. The van der Waals surface area contributed by atoms with Crippen LogP contribution in [0.4, 0.5) is 11.4 Å². The number of amides is 1. The van der Waals surface area contributed by atoms with E-state index < -0.39 is 10.0 Å². The third-order valence-electron chi connectivity index (χ3n) is 4.18. The second-order valence-corrected chi connectivity index (χ2v) is 9.24. The Labute approximate surface area is 180 Å². The number of ether oxygens (including phenoxy) is 1. The van der Waals surface area contributed by atoms with Crippen molar-refractivity contribution in [2.24, 2.45) is 0 Å². The predicted molar refractivity (Wildman–Crippen MR) is 121 cm³/mol. The zero-order chi connectivity index (χ0) is 21.6. The quantitative estimate of drug-likeness (QED) is 0.501. The van der Waals surface area contributed by atoms with E-state index in [1.807, 2.05) is 31.2 Å². The standard InChI is InChI=1S/C22H22N2O4S2/c1-16-3-11-20(12-4-16)29-15-22(25)23-17-7-13-21(14-8-17)30(26,27)24-18-5-9-19(28-2)10-6-18/h3-14,24H,15H2,1-2H3,(H,23,25). The van der Waals surface area contributed by atoms with Gasteiger partial charge in [-0.3, -0.25) is 9.52 Å². The van der Waals surface area contributed by atoms with E-state index in [1.165, 1.54) is 29.5 Å². The van der Waals surface area contributed by atoms with Crippen LogP contribution in [-0.2, 0) is 14.8 Å². The Bertz CT molecular complexity index is 1100. The van der Waals surface area contributed by atoms with Crippen LogP contribution in [0.25, 0.3) is 0 Å². The number of carbonyl (C=O) groups excluding carboxylic acids is 1. The molecule has 0 fully saturated rings. The zero-order valence-corrected chi connectivity index (χ0v) is 18.2. The van der Waals surface area contributed by atoms with Crippen LogP contribution in [0.5, 0.6) is 5.75 Å². The Balaban J connectivity index is 1.57. The lowest BCUT2D eigenvalue weighted by Gasteiger charge is -2.10. The Kier molecular flexibility index (Phi) is 7.02. The first kappa shape index (κ1) is 21.7. The summed E-state index contributed by atoms with van der Waals surface area (Å²) in [7, 11) is -2.19. The van der Waals surface area contributed by atoms with Crippen LogP contribution < -0.4 is 14.8 Å². The summed E-state index contributed by atoms with van der Waals surface area (Å²) >= 11 is 1.44. The summed E-state index contributed by atoms with van der Waals surface area (Å²) < 4.78 is 32.7. The van der Waals surface area contributed by atoms with Crippen LogP contribution in [0, 0.1) is 6.92 Å². The van der Waals surface area contributed by atoms with E-state index in [4.69, 9.17) is 4.74 Å². The Morgan fingerprint density at radius 1 is 0.900 bits per heavy atom. The highest BCUT2D eigenvalue weighted by molar-refractivity contribution is 8.00. The molecule has 0 unspecified atom stereocenters. The van der Waals surface area contributed by atoms with E-state index in [-0.39, 0.29) is 16.6 Å². The number of thioether (sulfide) groups is 1. The highest BCUT2D eigenvalue weighted by Gasteiger charge is 2.14. The first-order chi connectivity index (χ1) is 14.4. The number of benzene rings is 3. The molecule has 30 heavy (non-hydrogen) atoms. The monoisotopic (exact) mass is 442 g/mol. The maximum Gasteiger partial charge on any atom is 0.261 e. The van der Waals surface area contributed by atoms with E-state index in [0.717, 1.165) is 4.90 Å². The van der Waals surface area contributed by atoms with E-state index in [0.29, 0.717) is 17.1 Å². The van der Waals surface area contributed by atoms with Gasteiger partial charge < -0.3 is 10.1 Å². The number of nitrogens with one attached hydrogen (secondary N) is 2. The molecule has 0 aliphatic carbocycles. The third-order valence-corrected chi connectivity index (χ3v) is 6.59. The molecule has 8 heteroatoms. The van der Waals surface area contributed by atoms with Crippen LogP contribution in [0.2, 0.25) is 0 Å². The predicted octanol–water partition coefficient (Wildman–Crippen LogP) is 4.54. The molecule has 156 valence electrons. The van der Waals surface area contributed by atoms with Gasteiger partial charge in [0.05, 0.1) is 17.8 Å². The summed E-state index contributed by atoms with van der Waals surface area (Å²) in [4.78, 5) is 13.3. The highest BCUT2D eigenvalue weighted by atomic mass is 32.2. The van der Waals surface area contributed by atoms with E-state index >= 15 is 0 Å². The van der Waals surface area contributed by atoms with Gasteiger partial charge in [-0.05, 0) is 67.6 Å². The summed E-state index contributed by atoms with van der Waals surface area (Å²) in [6.07, 6.45) is 0. The fraction of sp³-hybridized carbons (Fsp3) is 0.136. The third kappa shape index (κ3) is 6.01. The number of sulfonamides is 1. The van der Waals surface area contributed by atoms with Crippen LogP contribution in [0.15, 0.2) is 82.6 Å². The molecular formula is C22H22N2O4S2. The van der Waals surface area contributed by atoms with Crippen molar-refractivity contribution in [2.75, 3.05) is 22.9 Å². The van der Waals surface area contributed by atoms with Crippen molar-refractivity contribution in [2.45, 2.75) is 16.7 Å². The molecule has 3 rings (SSSR count). The number of methoxy groups -OCH3 is 1. The molecule has 0 saturated heterocycles. The molecule has 2 N–H and O–H groups in total. The second-order valence-electron chi connectivity index (χ2n) is 6.51. The van der Waals surface area contributed by atoms with Crippen LogP contribution in [-0.4, -0.2) is 27.2 Å². The summed E-state index contributed by atoms with van der Waals surface area (Å²) in [5, 5.41) is 2.78. The molecule has 0 atom stereocenters. The molecule has 0 aromatic heterocycles. The minimum Gasteiger partial charge on any atom is -0.497 e. The summed E-state index contributed by atoms with van der Waals surface area (Å²) in [5.41, 5.74) is 2.13. The van der Waals surface area contributed by atoms with Gasteiger partial charge in [0.15, 0.2) is 0 Å². The van der Waals surface area contributed by atoms with Gasteiger partial charge in [-0.2, -0.15) is 0 Å². The minimum atomic E-state index is -3.74. The number of hydrogen-bond donors (Lipinski definition) is 2. The number of anilines is 2. The van der Waals surface area contributed by atoms with Gasteiger partial charge in [-0.15, -0.1) is 11.8 Å². The van der Waals surface area contributed by atoms with E-state index in [2.05, 4.69) is 10.0 Å². The fourth-order valence-corrected chi connectivity index (χ4v) is 4.33. The molecule has 0 saturated carbocycles. The zero-order valence-electron chi connectivity index (χ0n) is 16.6. The average Bonchev–Trinajstić information content (AvgIpc) is 2.74. The van der Waals surface area contributed by atoms with Crippen molar-refractivity contribution >= 4 is 39.1 Å². The van der Waals surface area contributed by atoms with Gasteiger partial charge in [-0.25, -0.2) is 8.42 Å². The van der Waals surface area contributed by atoms with Crippen LogP contribution >= 0.6 is 11.8 Å². The number of carbonyl (C=O) groups is 1. The SMILES string of the molecule is COc1ccc(NS(=O)(=O)c2ccc(NC(=O)CSc3ccc(C)cc3)cc2)cc1. The van der Waals surface area contributed by atoms with Gasteiger partial charge in [0.25, 0.3) is 10.0 Å². The van der Waals surface area contributed by atoms with Gasteiger partial charge in [0, 0.05) is 16.3 Å². The summed E-state index contributed by atoms with van der Waals surface area (Å²) in [5.74, 6) is 0.744. The Hall–Kier alpha value is -2.97. The Morgan fingerprint density at radius 2 is 1.50 bits per heavy atom. The number of aryl methyl sites for hydroxylation is 1. The van der Waals surface area contributed by atoms with E-state index in [9.17, 15) is 13.2 Å². The van der Waals surface area contributed by atoms with Gasteiger partial charge in [-0.1, -0.05) is 17.7 Å². The molecule has 0 bridgehead atoms. The minimum absolute atomic E-state index is 0.102. The lowest BCUT2D eigenvalue weighted by Crippen LogP contribution is -2.15. The van der Waals surface area contributed by atoms with Crippen molar-refractivity contribution in [1.29, 1.82) is 0 Å². The first-order valence-corrected chi connectivity index (χ1v) is 11.6. The summed E-state index contributed by atoms with van der Waals surface area (Å²) in [6.45, 7) is 2.01. The second kappa shape index (κ2) is 9.69. The van der Waals surface area contributed by atoms with Gasteiger partial charge in [0.1, 0.15) is 5.75 Å². The molecular weight excluding hydrogens is 420 g/mol. The Morgan fingerprint density at radius 3 is 2.10 bits per heavy atom. The maximum atomic E-state index is 12.5. The van der Waals surface area contributed by atoms with E-state index in [1.54, 1.807) is 43.5 Å². The smallest absolute Gasteiger partial charge is 0.261 e. The summed E-state index contributed by atoms with van der Waals surface area (Å²) in [6, 6.07) is 20.6. The van der Waals surface area contributed by atoms with Gasteiger partial charge in [0.2, 0.25) is 5.91 Å². The van der Waals surface area contributed by atoms with Crippen molar-refractivity contribution < 1.29 is 17.9 Å². The molecule has 1 amide bonds. The van der Waals surface area contributed by atoms with Crippen molar-refractivity contribution in [3.63, 3.8) is 0 Å². The van der Waals surface area contributed by atoms with Crippen LogP contribution in [0.1, 0.15) is 5.56 Å². The molecule has 3 aromatic carbocycles. The lowest BCUT2D eigenvalue weighted by molar-refractivity contribution is -0.113. The maximum absolute atomic E-state index is 12.5. The molecule has 0 aliphatic heterocycles. The first-order valence-electron chi connectivity index (χ1n) is 9.12. The number of hydrogen-bond acceptors (Lipinski definition) is 5. The average molecular weight is 443 g/mol. The topological polar surface area (TPSA) is 84.5 Å². The van der Waals surface area contributed by atoms with Crippen LogP contribution in [0.3, 0.4) is 0 Å². The van der Waals surface area contributed by atoms with Gasteiger partial charge >= 0.3 is 0 Å². The van der Waals surface area contributed by atoms with Crippen molar-refractivity contribution in [3.05, 3.63) is 78.4 Å². The van der Waals surface area contributed by atoms with Crippen molar-refractivity contribution in [3.8, 4) is 5.75 Å². The molecule has 0 radical (unpaired) electrons. The highest BCUT2D eigenvalue weighted by Crippen LogP contribution is 2.21. The number of rotatable bonds is 8. The molecule has 0 heterocycles. The lowest BCUT2D eigenvalue weighted by atomic mass is 10.2. The van der Waals surface area contributed by atoms with Crippen molar-refractivity contribution in [1.82, 2.24) is 0 Å². The molecule has 0 aliphatic rings.